The van der Waals surface area contributed by atoms with Gasteiger partial charge in [0.25, 0.3) is 0 Å². The van der Waals surface area contributed by atoms with Crippen LogP contribution in [-0.2, 0) is 21.4 Å². The molecule has 31 heavy (non-hydrogen) atoms. The second-order valence-corrected chi connectivity index (χ2v) is 8.97. The Morgan fingerprint density at radius 1 is 0.935 bits per heavy atom. The SMILES string of the molecule is CC[C@@H](C(=O)Nc1ccc(OCc2ccccc2)cc1)N(c1ccccc1)S(C)(=O)=O. The molecule has 0 aromatic heterocycles. The van der Waals surface area contributed by atoms with Crippen molar-refractivity contribution in [3.63, 3.8) is 0 Å². The molecule has 0 bridgehead atoms. The van der Waals surface area contributed by atoms with Crippen molar-refractivity contribution >= 4 is 27.3 Å². The third-order valence-electron chi connectivity index (χ3n) is 4.71. The molecule has 0 saturated heterocycles. The van der Waals surface area contributed by atoms with Crippen LogP contribution in [-0.4, -0.2) is 26.6 Å². The highest BCUT2D eigenvalue weighted by molar-refractivity contribution is 7.92. The van der Waals surface area contributed by atoms with Crippen molar-refractivity contribution in [3.05, 3.63) is 90.5 Å². The molecule has 162 valence electrons. The molecule has 1 N–H and O–H groups in total. The maximum atomic E-state index is 13.0. The predicted octanol–water partition coefficient (Wildman–Crippen LogP) is 4.45. The van der Waals surface area contributed by atoms with E-state index < -0.39 is 22.0 Å². The number of nitrogens with one attached hydrogen (secondary N) is 1. The summed E-state index contributed by atoms with van der Waals surface area (Å²) < 4.78 is 31.8. The summed E-state index contributed by atoms with van der Waals surface area (Å²) in [6.45, 7) is 2.23. The summed E-state index contributed by atoms with van der Waals surface area (Å²) in [5.74, 6) is 0.283. The van der Waals surface area contributed by atoms with Gasteiger partial charge in [-0.2, -0.15) is 0 Å². The number of carbonyl (C=O) groups is 1. The van der Waals surface area contributed by atoms with Gasteiger partial charge in [-0.05, 0) is 48.4 Å². The molecule has 6 nitrogen and oxygen atoms in total. The third-order valence-corrected chi connectivity index (χ3v) is 5.89. The van der Waals surface area contributed by atoms with Crippen LogP contribution >= 0.6 is 0 Å². The summed E-state index contributed by atoms with van der Waals surface area (Å²) in [7, 11) is -3.65. The molecule has 0 unspecified atom stereocenters. The van der Waals surface area contributed by atoms with Gasteiger partial charge in [0.2, 0.25) is 15.9 Å². The fourth-order valence-corrected chi connectivity index (χ4v) is 4.45. The molecule has 3 aromatic rings. The molecule has 3 rings (SSSR count). The van der Waals surface area contributed by atoms with Gasteiger partial charge >= 0.3 is 0 Å². The molecule has 0 aliphatic carbocycles. The van der Waals surface area contributed by atoms with Crippen LogP contribution in [0.15, 0.2) is 84.9 Å². The number of amides is 1. The first-order valence-corrected chi connectivity index (χ1v) is 11.9. The fourth-order valence-electron chi connectivity index (χ4n) is 3.24. The molecular formula is C24H26N2O4S. The molecule has 0 fully saturated rings. The highest BCUT2D eigenvalue weighted by Crippen LogP contribution is 2.23. The lowest BCUT2D eigenvalue weighted by Crippen LogP contribution is -2.46. The van der Waals surface area contributed by atoms with E-state index in [-0.39, 0.29) is 0 Å². The molecule has 0 heterocycles. The molecule has 1 atom stereocenters. The number of rotatable bonds is 9. The van der Waals surface area contributed by atoms with Crippen LogP contribution in [0.3, 0.4) is 0 Å². The van der Waals surface area contributed by atoms with Crippen molar-refractivity contribution in [2.45, 2.75) is 26.0 Å². The maximum Gasteiger partial charge on any atom is 0.248 e. The van der Waals surface area contributed by atoms with Gasteiger partial charge in [0, 0.05) is 5.69 Å². The molecule has 0 aliphatic rings. The van der Waals surface area contributed by atoms with E-state index in [9.17, 15) is 13.2 Å². The normalized spacial score (nSPS) is 12.1. The Hall–Kier alpha value is -3.32. The number of para-hydroxylation sites is 1. The Balaban J connectivity index is 1.69. The number of carbonyl (C=O) groups excluding carboxylic acids is 1. The average molecular weight is 439 g/mol. The van der Waals surface area contributed by atoms with Gasteiger partial charge < -0.3 is 10.1 Å². The smallest absolute Gasteiger partial charge is 0.248 e. The highest BCUT2D eigenvalue weighted by atomic mass is 32.2. The molecule has 0 spiro atoms. The van der Waals surface area contributed by atoms with E-state index in [2.05, 4.69) is 5.32 Å². The lowest BCUT2D eigenvalue weighted by atomic mass is 10.2. The average Bonchev–Trinajstić information content (AvgIpc) is 2.77. The minimum absolute atomic E-state index is 0.325. The minimum Gasteiger partial charge on any atom is -0.489 e. The van der Waals surface area contributed by atoms with Gasteiger partial charge in [-0.15, -0.1) is 0 Å². The Labute approximate surface area is 183 Å². The van der Waals surface area contributed by atoms with Gasteiger partial charge in [0.05, 0.1) is 11.9 Å². The first kappa shape index (κ1) is 22.4. The number of benzene rings is 3. The Morgan fingerprint density at radius 2 is 1.52 bits per heavy atom. The Bertz CT molecular complexity index is 1090. The van der Waals surface area contributed by atoms with E-state index in [1.807, 2.05) is 30.3 Å². The van der Waals surface area contributed by atoms with Crippen LogP contribution in [0.4, 0.5) is 11.4 Å². The summed E-state index contributed by atoms with van der Waals surface area (Å²) >= 11 is 0. The second kappa shape index (κ2) is 10.1. The van der Waals surface area contributed by atoms with Crippen LogP contribution in [0.1, 0.15) is 18.9 Å². The van der Waals surface area contributed by atoms with E-state index >= 15 is 0 Å². The molecule has 7 heteroatoms. The van der Waals surface area contributed by atoms with Gasteiger partial charge in [-0.1, -0.05) is 55.5 Å². The van der Waals surface area contributed by atoms with E-state index in [0.717, 1.165) is 11.8 Å². The predicted molar refractivity (Wildman–Crippen MR) is 124 cm³/mol. The topological polar surface area (TPSA) is 75.7 Å². The van der Waals surface area contributed by atoms with Crippen molar-refractivity contribution in [1.29, 1.82) is 0 Å². The summed E-state index contributed by atoms with van der Waals surface area (Å²) in [5.41, 5.74) is 2.08. The standard InChI is InChI=1S/C24H26N2O4S/c1-3-23(26(31(2,28)29)21-12-8-5-9-13-21)24(27)25-20-14-16-22(17-15-20)30-18-19-10-6-4-7-11-19/h4-17,23H,3,18H2,1-2H3,(H,25,27)/t23-/m0/s1. The molecule has 0 aliphatic heterocycles. The van der Waals surface area contributed by atoms with Crippen molar-refractivity contribution in [1.82, 2.24) is 0 Å². The van der Waals surface area contributed by atoms with Crippen LogP contribution in [0.25, 0.3) is 0 Å². The van der Waals surface area contributed by atoms with Crippen LogP contribution in [0.2, 0.25) is 0 Å². The van der Waals surface area contributed by atoms with E-state index in [1.165, 1.54) is 4.31 Å². The van der Waals surface area contributed by atoms with Crippen LogP contribution in [0, 0.1) is 0 Å². The van der Waals surface area contributed by atoms with Crippen LogP contribution in [0.5, 0.6) is 5.75 Å². The molecule has 0 radical (unpaired) electrons. The summed E-state index contributed by atoms with van der Waals surface area (Å²) in [4.78, 5) is 13.0. The fraction of sp³-hybridized carbons (Fsp3) is 0.208. The van der Waals surface area contributed by atoms with Gasteiger partial charge in [-0.25, -0.2) is 8.42 Å². The number of sulfonamides is 1. The minimum atomic E-state index is -3.65. The van der Waals surface area contributed by atoms with E-state index in [0.29, 0.717) is 30.2 Å². The third kappa shape index (κ3) is 6.08. The van der Waals surface area contributed by atoms with Crippen molar-refractivity contribution in [3.8, 4) is 5.75 Å². The zero-order valence-corrected chi connectivity index (χ0v) is 18.4. The maximum absolute atomic E-state index is 13.0. The van der Waals surface area contributed by atoms with Crippen molar-refractivity contribution in [2.24, 2.45) is 0 Å². The molecule has 3 aromatic carbocycles. The monoisotopic (exact) mass is 438 g/mol. The number of hydrogen-bond donors (Lipinski definition) is 1. The Morgan fingerprint density at radius 3 is 2.06 bits per heavy atom. The van der Waals surface area contributed by atoms with E-state index in [4.69, 9.17) is 4.74 Å². The lowest BCUT2D eigenvalue weighted by molar-refractivity contribution is -0.117. The second-order valence-electron chi connectivity index (χ2n) is 7.11. The van der Waals surface area contributed by atoms with Crippen molar-refractivity contribution in [2.75, 3.05) is 15.9 Å². The highest BCUT2D eigenvalue weighted by Gasteiger charge is 2.31. The quantitative estimate of drug-likeness (QED) is 0.536. The van der Waals surface area contributed by atoms with Crippen LogP contribution < -0.4 is 14.4 Å². The van der Waals surface area contributed by atoms with E-state index in [1.54, 1.807) is 61.5 Å². The number of anilines is 2. The number of nitrogens with zero attached hydrogens (tertiary/aromatic N) is 1. The summed E-state index contributed by atoms with van der Waals surface area (Å²) in [6, 6.07) is 24.6. The lowest BCUT2D eigenvalue weighted by Gasteiger charge is -2.30. The largest absolute Gasteiger partial charge is 0.489 e. The van der Waals surface area contributed by atoms with Crippen molar-refractivity contribution < 1.29 is 17.9 Å². The zero-order chi connectivity index (χ0) is 22.3. The van der Waals surface area contributed by atoms with Gasteiger partial charge in [0.15, 0.2) is 0 Å². The summed E-state index contributed by atoms with van der Waals surface area (Å²) in [5, 5.41) is 2.82. The molecular weight excluding hydrogens is 412 g/mol. The first-order valence-electron chi connectivity index (χ1n) is 10.0. The number of ether oxygens (including phenoxy) is 1. The van der Waals surface area contributed by atoms with Gasteiger partial charge in [0.1, 0.15) is 18.4 Å². The first-order chi connectivity index (χ1) is 14.9. The van der Waals surface area contributed by atoms with Gasteiger partial charge in [-0.3, -0.25) is 9.10 Å². The summed E-state index contributed by atoms with van der Waals surface area (Å²) in [6.07, 6.45) is 1.43. The molecule has 0 saturated carbocycles. The Kier molecular flexibility index (Phi) is 7.31. The molecule has 1 amide bonds. The zero-order valence-electron chi connectivity index (χ0n) is 17.6. The number of hydrogen-bond acceptors (Lipinski definition) is 4.